The summed E-state index contributed by atoms with van der Waals surface area (Å²) in [6, 6.07) is 8.57. The van der Waals surface area contributed by atoms with Crippen LogP contribution in [0.2, 0.25) is 0 Å². The molecule has 2 aliphatic rings. The Hall–Kier alpha value is -0.330. The Balaban J connectivity index is 0.00000161. The van der Waals surface area contributed by atoms with Gasteiger partial charge in [-0.25, -0.2) is 0 Å². The minimum atomic E-state index is 0. The standard InChI is InChI=1S/C16H21IN2O.ClH/c17-14-5-2-1-4-13(14)16(20)19-10-7-12(8-11-19)15-6-3-9-18-15;/h1-2,4-5,12,15,18H,3,6-11H2;1H. The molecule has 1 aromatic rings. The van der Waals surface area contributed by atoms with Crippen LogP contribution in [0.3, 0.4) is 0 Å². The van der Waals surface area contributed by atoms with Crippen molar-refractivity contribution in [3.05, 3.63) is 33.4 Å². The van der Waals surface area contributed by atoms with Crippen LogP contribution in [0.1, 0.15) is 36.0 Å². The number of carbonyl (C=O) groups is 1. The molecule has 1 atom stereocenters. The van der Waals surface area contributed by atoms with Gasteiger partial charge in [0.25, 0.3) is 5.91 Å². The van der Waals surface area contributed by atoms with Crippen molar-refractivity contribution in [3.63, 3.8) is 0 Å². The van der Waals surface area contributed by atoms with Gasteiger partial charge in [-0.2, -0.15) is 0 Å². The van der Waals surface area contributed by atoms with Crippen LogP contribution >= 0.6 is 35.0 Å². The van der Waals surface area contributed by atoms with Crippen LogP contribution in [0.15, 0.2) is 24.3 Å². The van der Waals surface area contributed by atoms with Crippen LogP contribution in [0.5, 0.6) is 0 Å². The number of nitrogens with one attached hydrogen (secondary N) is 1. The number of hydrogen-bond acceptors (Lipinski definition) is 2. The zero-order valence-corrected chi connectivity index (χ0v) is 15.0. The van der Waals surface area contributed by atoms with E-state index in [1.165, 1.54) is 19.4 Å². The summed E-state index contributed by atoms with van der Waals surface area (Å²) in [5.41, 5.74) is 0.852. The molecule has 2 fully saturated rings. The zero-order valence-electron chi connectivity index (χ0n) is 12.1. The van der Waals surface area contributed by atoms with Crippen LogP contribution < -0.4 is 5.32 Å². The van der Waals surface area contributed by atoms with Gasteiger partial charge in [0.1, 0.15) is 0 Å². The smallest absolute Gasteiger partial charge is 0.254 e. The first kappa shape index (κ1) is 17.0. The van der Waals surface area contributed by atoms with Crippen molar-refractivity contribution in [3.8, 4) is 0 Å². The number of rotatable bonds is 2. The molecule has 5 heteroatoms. The van der Waals surface area contributed by atoms with E-state index in [2.05, 4.69) is 27.9 Å². The highest BCUT2D eigenvalue weighted by molar-refractivity contribution is 14.1. The summed E-state index contributed by atoms with van der Waals surface area (Å²) in [7, 11) is 0. The van der Waals surface area contributed by atoms with E-state index in [1.807, 2.05) is 29.2 Å². The summed E-state index contributed by atoms with van der Waals surface area (Å²) < 4.78 is 1.05. The first-order valence-electron chi connectivity index (χ1n) is 7.53. The summed E-state index contributed by atoms with van der Waals surface area (Å²) in [5, 5.41) is 3.61. The quantitative estimate of drug-likeness (QED) is 0.745. The number of carbonyl (C=O) groups excluding carboxylic acids is 1. The summed E-state index contributed by atoms with van der Waals surface area (Å²) in [6.45, 7) is 2.99. The van der Waals surface area contributed by atoms with Crippen molar-refractivity contribution in [1.29, 1.82) is 0 Å². The third-order valence-corrected chi connectivity index (χ3v) is 5.54. The van der Waals surface area contributed by atoms with E-state index >= 15 is 0 Å². The van der Waals surface area contributed by atoms with Gasteiger partial charge >= 0.3 is 0 Å². The molecular weight excluding hydrogens is 399 g/mol. The molecule has 2 saturated heterocycles. The number of piperidine rings is 1. The maximum absolute atomic E-state index is 12.6. The molecule has 2 aliphatic heterocycles. The van der Waals surface area contributed by atoms with Crippen molar-refractivity contribution in [2.75, 3.05) is 19.6 Å². The highest BCUT2D eigenvalue weighted by Gasteiger charge is 2.30. The van der Waals surface area contributed by atoms with Gasteiger partial charge in [0.2, 0.25) is 0 Å². The molecule has 1 aromatic carbocycles. The lowest BCUT2D eigenvalue weighted by Gasteiger charge is -2.35. The second kappa shape index (κ2) is 7.79. The molecule has 0 spiro atoms. The molecule has 1 unspecified atom stereocenters. The Bertz CT molecular complexity index is 483. The van der Waals surface area contributed by atoms with E-state index in [1.54, 1.807) is 0 Å². The Morgan fingerprint density at radius 2 is 1.90 bits per heavy atom. The van der Waals surface area contributed by atoms with Gasteiger partial charge in [-0.1, -0.05) is 12.1 Å². The molecule has 0 saturated carbocycles. The molecule has 0 bridgehead atoms. The number of benzene rings is 1. The van der Waals surface area contributed by atoms with Crippen LogP contribution in [0.4, 0.5) is 0 Å². The fourth-order valence-electron chi connectivity index (χ4n) is 3.42. The van der Waals surface area contributed by atoms with Crippen molar-refractivity contribution < 1.29 is 4.79 Å². The minimum Gasteiger partial charge on any atom is -0.339 e. The topological polar surface area (TPSA) is 32.3 Å². The van der Waals surface area contributed by atoms with E-state index in [0.29, 0.717) is 6.04 Å². The van der Waals surface area contributed by atoms with Crippen LogP contribution in [-0.2, 0) is 0 Å². The van der Waals surface area contributed by atoms with Crippen molar-refractivity contribution in [2.24, 2.45) is 5.92 Å². The highest BCUT2D eigenvalue weighted by Crippen LogP contribution is 2.26. The van der Waals surface area contributed by atoms with Crippen LogP contribution in [0, 0.1) is 9.49 Å². The van der Waals surface area contributed by atoms with Crippen molar-refractivity contribution in [2.45, 2.75) is 31.7 Å². The van der Waals surface area contributed by atoms with E-state index in [9.17, 15) is 4.79 Å². The van der Waals surface area contributed by atoms with Crippen LogP contribution in [0.25, 0.3) is 0 Å². The molecule has 3 rings (SSSR count). The normalized spacial score (nSPS) is 22.9. The molecular formula is C16H22ClIN2O. The van der Waals surface area contributed by atoms with Crippen LogP contribution in [-0.4, -0.2) is 36.5 Å². The molecule has 1 N–H and O–H groups in total. The van der Waals surface area contributed by atoms with Crippen molar-refractivity contribution >= 4 is 40.9 Å². The van der Waals surface area contributed by atoms with E-state index in [-0.39, 0.29) is 18.3 Å². The second-order valence-electron chi connectivity index (χ2n) is 5.81. The molecule has 0 radical (unpaired) electrons. The predicted molar refractivity (Wildman–Crippen MR) is 96.1 cm³/mol. The van der Waals surface area contributed by atoms with Gasteiger partial charge in [0.05, 0.1) is 5.56 Å². The molecule has 3 nitrogen and oxygen atoms in total. The number of nitrogens with zero attached hydrogens (tertiary/aromatic N) is 1. The molecule has 0 aliphatic carbocycles. The van der Waals surface area contributed by atoms with Gasteiger partial charge in [0, 0.05) is 22.7 Å². The summed E-state index contributed by atoms with van der Waals surface area (Å²) in [4.78, 5) is 14.6. The van der Waals surface area contributed by atoms with E-state index in [4.69, 9.17) is 0 Å². The SMILES string of the molecule is Cl.O=C(c1ccccc1I)N1CCC(C2CCCN2)CC1. The summed E-state index contributed by atoms with van der Waals surface area (Å²) in [6.07, 6.45) is 4.92. The third kappa shape index (κ3) is 3.90. The maximum Gasteiger partial charge on any atom is 0.254 e. The Labute approximate surface area is 146 Å². The first-order valence-corrected chi connectivity index (χ1v) is 8.61. The predicted octanol–water partition coefficient (Wildman–Crippen LogP) is 3.32. The fraction of sp³-hybridized carbons (Fsp3) is 0.562. The first-order chi connectivity index (χ1) is 9.75. The zero-order chi connectivity index (χ0) is 13.9. The largest absolute Gasteiger partial charge is 0.339 e. The Kier molecular flexibility index (Phi) is 6.32. The highest BCUT2D eigenvalue weighted by atomic mass is 127. The van der Waals surface area contributed by atoms with Gasteiger partial charge < -0.3 is 10.2 Å². The number of halogens is 2. The molecule has 2 heterocycles. The monoisotopic (exact) mass is 420 g/mol. The fourth-order valence-corrected chi connectivity index (χ4v) is 4.04. The van der Waals surface area contributed by atoms with Crippen molar-refractivity contribution in [1.82, 2.24) is 10.2 Å². The van der Waals surface area contributed by atoms with Gasteiger partial charge in [-0.15, -0.1) is 12.4 Å². The van der Waals surface area contributed by atoms with Gasteiger partial charge in [-0.3, -0.25) is 4.79 Å². The third-order valence-electron chi connectivity index (χ3n) is 4.60. The lowest BCUT2D eigenvalue weighted by Crippen LogP contribution is -2.43. The summed E-state index contributed by atoms with van der Waals surface area (Å²) in [5.74, 6) is 0.962. The lowest BCUT2D eigenvalue weighted by molar-refractivity contribution is 0.0673. The Morgan fingerprint density at radius 1 is 1.19 bits per heavy atom. The molecule has 0 aromatic heterocycles. The van der Waals surface area contributed by atoms with E-state index in [0.717, 1.165) is 41.0 Å². The molecule has 1 amide bonds. The Morgan fingerprint density at radius 3 is 2.52 bits per heavy atom. The lowest BCUT2D eigenvalue weighted by atomic mass is 9.88. The molecule has 116 valence electrons. The van der Waals surface area contributed by atoms with Gasteiger partial charge in [-0.05, 0) is 72.9 Å². The average molecular weight is 421 g/mol. The second-order valence-corrected chi connectivity index (χ2v) is 6.97. The minimum absolute atomic E-state index is 0. The number of amides is 1. The maximum atomic E-state index is 12.6. The average Bonchev–Trinajstić information content (AvgIpc) is 3.01. The van der Waals surface area contributed by atoms with E-state index < -0.39 is 0 Å². The molecule has 21 heavy (non-hydrogen) atoms. The number of hydrogen-bond donors (Lipinski definition) is 1. The summed E-state index contributed by atoms with van der Waals surface area (Å²) >= 11 is 2.25. The van der Waals surface area contributed by atoms with Gasteiger partial charge in [0.15, 0.2) is 0 Å². The number of likely N-dealkylation sites (tertiary alicyclic amines) is 1.